The highest BCUT2D eigenvalue weighted by Gasteiger charge is 2.46. The zero-order chi connectivity index (χ0) is 24.0. The van der Waals surface area contributed by atoms with Crippen LogP contribution in [0.25, 0.3) is 0 Å². The van der Waals surface area contributed by atoms with Crippen molar-refractivity contribution in [1.29, 1.82) is 0 Å². The number of likely N-dealkylation sites (N-methyl/N-ethyl adjacent to an activating group) is 1. The van der Waals surface area contributed by atoms with Gasteiger partial charge < -0.3 is 14.6 Å². The third-order valence-electron chi connectivity index (χ3n) is 5.84. The molecule has 0 saturated heterocycles. The number of nitrogens with zero attached hydrogens (tertiary/aromatic N) is 4. The number of amides is 1. The lowest BCUT2D eigenvalue weighted by molar-refractivity contribution is -0.150. The van der Waals surface area contributed by atoms with Crippen molar-refractivity contribution in [3.05, 3.63) is 29.8 Å². The molecule has 0 spiro atoms. The summed E-state index contributed by atoms with van der Waals surface area (Å²) in [4.78, 5) is 31.1. The number of carboxylic acid groups (broad SMARTS) is 1. The second kappa shape index (κ2) is 11.3. The van der Waals surface area contributed by atoms with E-state index in [2.05, 4.69) is 12.0 Å². The van der Waals surface area contributed by atoms with Crippen LogP contribution in [0, 0.1) is 0 Å². The minimum absolute atomic E-state index is 0.0128. The molecular weight excluding hydrogens is 424 g/mol. The predicted molar refractivity (Wildman–Crippen MR) is 126 cm³/mol. The first-order valence-electron chi connectivity index (χ1n) is 11.6. The van der Waals surface area contributed by atoms with Gasteiger partial charge in [-0.1, -0.05) is 32.4 Å². The van der Waals surface area contributed by atoms with Gasteiger partial charge in [-0.3, -0.25) is 19.7 Å². The SMILES string of the molecule is CCCC1=NN(C)C2C(=O)N(CCOc3ccc(CC(OCC)C(=O)O)cc3)C(CC)=NC12. The highest BCUT2D eigenvalue weighted by molar-refractivity contribution is 6.09. The van der Waals surface area contributed by atoms with E-state index < -0.39 is 12.1 Å². The number of hydrogen-bond donors (Lipinski definition) is 1. The van der Waals surface area contributed by atoms with Crippen molar-refractivity contribution in [3.63, 3.8) is 0 Å². The number of aliphatic carboxylic acids is 1. The molecule has 9 heteroatoms. The summed E-state index contributed by atoms with van der Waals surface area (Å²) in [5, 5.41) is 15.6. The molecule has 0 radical (unpaired) electrons. The monoisotopic (exact) mass is 458 g/mol. The van der Waals surface area contributed by atoms with Crippen molar-refractivity contribution in [2.24, 2.45) is 10.1 Å². The molecule has 1 N–H and O–H groups in total. The van der Waals surface area contributed by atoms with Crippen LogP contribution >= 0.6 is 0 Å². The average Bonchev–Trinajstić information content (AvgIpc) is 3.11. The molecule has 2 aliphatic heterocycles. The molecule has 0 bridgehead atoms. The number of amidine groups is 1. The average molecular weight is 459 g/mol. The summed E-state index contributed by atoms with van der Waals surface area (Å²) in [7, 11) is 1.83. The maximum absolute atomic E-state index is 13.2. The molecule has 1 amide bonds. The molecule has 2 aliphatic rings. The van der Waals surface area contributed by atoms with Crippen LogP contribution in [-0.2, 0) is 20.7 Å². The summed E-state index contributed by atoms with van der Waals surface area (Å²) in [6.07, 6.45) is 1.91. The number of hydrogen-bond acceptors (Lipinski definition) is 7. The first-order valence-corrected chi connectivity index (χ1v) is 11.6. The molecule has 0 aliphatic carbocycles. The van der Waals surface area contributed by atoms with Crippen molar-refractivity contribution in [3.8, 4) is 5.75 Å². The molecule has 180 valence electrons. The predicted octanol–water partition coefficient (Wildman–Crippen LogP) is 2.59. The summed E-state index contributed by atoms with van der Waals surface area (Å²) in [6, 6.07) is 6.71. The second-order valence-electron chi connectivity index (χ2n) is 8.17. The summed E-state index contributed by atoms with van der Waals surface area (Å²) >= 11 is 0. The third kappa shape index (κ3) is 5.71. The van der Waals surface area contributed by atoms with Crippen molar-refractivity contribution in [1.82, 2.24) is 9.91 Å². The normalized spacial score (nSPS) is 20.9. The lowest BCUT2D eigenvalue weighted by atomic mass is 9.98. The van der Waals surface area contributed by atoms with Crippen LogP contribution in [0.5, 0.6) is 5.75 Å². The fourth-order valence-corrected chi connectivity index (χ4v) is 4.25. The Balaban J connectivity index is 1.59. The van der Waals surface area contributed by atoms with E-state index in [1.54, 1.807) is 29.0 Å². The van der Waals surface area contributed by atoms with Crippen LogP contribution in [0.4, 0.5) is 0 Å². The van der Waals surface area contributed by atoms with Crippen molar-refractivity contribution >= 4 is 23.4 Å². The number of carboxylic acids is 1. The number of aliphatic imine (C=N–C) groups is 1. The topological polar surface area (TPSA) is 104 Å². The van der Waals surface area contributed by atoms with Gasteiger partial charge >= 0.3 is 5.97 Å². The van der Waals surface area contributed by atoms with Crippen LogP contribution in [0.1, 0.15) is 45.6 Å². The fourth-order valence-electron chi connectivity index (χ4n) is 4.25. The highest BCUT2D eigenvalue weighted by atomic mass is 16.5. The van der Waals surface area contributed by atoms with E-state index in [1.165, 1.54) is 0 Å². The Bertz CT molecular complexity index is 899. The zero-order valence-corrected chi connectivity index (χ0v) is 19.9. The Morgan fingerprint density at radius 2 is 1.94 bits per heavy atom. The van der Waals surface area contributed by atoms with Gasteiger partial charge in [-0.15, -0.1) is 0 Å². The van der Waals surface area contributed by atoms with E-state index in [0.717, 1.165) is 30.0 Å². The highest BCUT2D eigenvalue weighted by Crippen LogP contribution is 2.27. The van der Waals surface area contributed by atoms with Gasteiger partial charge in [0.15, 0.2) is 12.1 Å². The molecule has 33 heavy (non-hydrogen) atoms. The molecule has 1 aromatic rings. The molecule has 0 aromatic heterocycles. The largest absolute Gasteiger partial charge is 0.492 e. The second-order valence-corrected chi connectivity index (χ2v) is 8.17. The zero-order valence-electron chi connectivity index (χ0n) is 19.9. The summed E-state index contributed by atoms with van der Waals surface area (Å²) in [6.45, 7) is 6.95. The minimum atomic E-state index is -0.973. The van der Waals surface area contributed by atoms with Crippen LogP contribution in [0.2, 0.25) is 0 Å². The van der Waals surface area contributed by atoms with Gasteiger partial charge in [-0.05, 0) is 31.0 Å². The summed E-state index contributed by atoms with van der Waals surface area (Å²) in [5.74, 6) is 0.471. The molecule has 1 aromatic carbocycles. The van der Waals surface area contributed by atoms with E-state index in [4.69, 9.17) is 14.5 Å². The third-order valence-corrected chi connectivity index (χ3v) is 5.84. The molecular formula is C24H34N4O5. The molecule has 9 nitrogen and oxygen atoms in total. The van der Waals surface area contributed by atoms with E-state index in [-0.39, 0.29) is 18.0 Å². The Labute approximate surface area is 195 Å². The van der Waals surface area contributed by atoms with Crippen molar-refractivity contribution in [2.75, 3.05) is 26.8 Å². The van der Waals surface area contributed by atoms with E-state index in [0.29, 0.717) is 38.3 Å². The number of hydrazone groups is 1. The first kappa shape index (κ1) is 24.7. The number of carbonyl (C=O) groups is 2. The molecule has 2 heterocycles. The van der Waals surface area contributed by atoms with E-state index >= 15 is 0 Å². The quantitative estimate of drug-likeness (QED) is 0.516. The van der Waals surface area contributed by atoms with Crippen LogP contribution in [0.3, 0.4) is 0 Å². The molecule has 3 atom stereocenters. The lowest BCUT2D eigenvalue weighted by Gasteiger charge is -2.35. The Morgan fingerprint density at radius 1 is 1.21 bits per heavy atom. The fraction of sp³-hybridized carbons (Fsp3) is 0.583. The number of rotatable bonds is 12. The van der Waals surface area contributed by atoms with Gasteiger partial charge in [0.05, 0.1) is 12.3 Å². The smallest absolute Gasteiger partial charge is 0.333 e. The van der Waals surface area contributed by atoms with Gasteiger partial charge in [0.25, 0.3) is 5.91 Å². The Kier molecular flexibility index (Phi) is 8.43. The Hall–Kier alpha value is -2.94. The van der Waals surface area contributed by atoms with E-state index in [9.17, 15) is 14.7 Å². The number of fused-ring (bicyclic) bond motifs is 1. The van der Waals surface area contributed by atoms with Crippen molar-refractivity contribution in [2.45, 2.75) is 64.6 Å². The van der Waals surface area contributed by atoms with Gasteiger partial charge in [-0.2, -0.15) is 5.10 Å². The van der Waals surface area contributed by atoms with E-state index in [1.807, 2.05) is 26.1 Å². The Morgan fingerprint density at radius 3 is 2.55 bits per heavy atom. The lowest BCUT2D eigenvalue weighted by Crippen LogP contribution is -2.56. The molecule has 0 saturated carbocycles. The summed E-state index contributed by atoms with van der Waals surface area (Å²) in [5.41, 5.74) is 1.84. The molecule has 0 fully saturated rings. The van der Waals surface area contributed by atoms with Gasteiger partial charge in [0.2, 0.25) is 0 Å². The summed E-state index contributed by atoms with van der Waals surface area (Å²) < 4.78 is 11.1. The standard InChI is InChI=1S/C24H34N4O5/c1-5-8-18-21-22(27(4)26-18)23(29)28(20(6-2)25-21)13-14-33-17-11-9-16(10-12-17)15-19(24(30)31)32-7-3/h9-12,19,21-22H,5-8,13-15H2,1-4H3,(H,30,31). The van der Waals surface area contributed by atoms with Crippen LogP contribution in [0.15, 0.2) is 34.4 Å². The molecule has 3 rings (SSSR count). The number of ether oxygens (including phenoxy) is 2. The maximum Gasteiger partial charge on any atom is 0.333 e. The maximum atomic E-state index is 13.2. The van der Waals surface area contributed by atoms with Crippen LogP contribution < -0.4 is 4.74 Å². The number of carbonyl (C=O) groups excluding carboxylic acids is 1. The van der Waals surface area contributed by atoms with Crippen LogP contribution in [-0.4, -0.2) is 83.4 Å². The van der Waals surface area contributed by atoms with Gasteiger partial charge in [0, 0.05) is 26.5 Å². The first-order chi connectivity index (χ1) is 15.9. The molecule has 3 unspecified atom stereocenters. The van der Waals surface area contributed by atoms with Gasteiger partial charge in [-0.25, -0.2) is 4.79 Å². The van der Waals surface area contributed by atoms with Gasteiger partial charge in [0.1, 0.15) is 24.2 Å². The van der Waals surface area contributed by atoms with Crippen molar-refractivity contribution < 1.29 is 24.2 Å². The number of benzene rings is 1. The minimum Gasteiger partial charge on any atom is -0.492 e.